The second kappa shape index (κ2) is 7.33. The standard InChI is InChI=1S/C15H12BrIN2OS/c1-9-8-10(16)6-7-13(9)18-15(21)19-14(20)11-4-2-3-5-12(11)17/h2-8H,1H3,(H2,18,19,20,21). The van der Waals surface area contributed by atoms with E-state index in [0.29, 0.717) is 5.56 Å². The minimum absolute atomic E-state index is 0.215. The predicted octanol–water partition coefficient (Wildman–Crippen LogP) is 4.49. The van der Waals surface area contributed by atoms with E-state index in [1.807, 2.05) is 43.3 Å². The summed E-state index contributed by atoms with van der Waals surface area (Å²) in [6.07, 6.45) is 0. The van der Waals surface area contributed by atoms with Gasteiger partial charge in [0.2, 0.25) is 0 Å². The van der Waals surface area contributed by atoms with Gasteiger partial charge in [-0.15, -0.1) is 0 Å². The van der Waals surface area contributed by atoms with Crippen molar-refractivity contribution in [2.24, 2.45) is 0 Å². The van der Waals surface area contributed by atoms with Crippen LogP contribution in [0.25, 0.3) is 0 Å². The summed E-state index contributed by atoms with van der Waals surface area (Å²) >= 11 is 10.7. The SMILES string of the molecule is Cc1cc(Br)ccc1NC(=S)NC(=O)c1ccccc1I. The maximum Gasteiger partial charge on any atom is 0.258 e. The van der Waals surface area contributed by atoms with E-state index in [0.717, 1.165) is 19.3 Å². The molecule has 108 valence electrons. The summed E-state index contributed by atoms with van der Waals surface area (Å²) in [4.78, 5) is 12.2. The fourth-order valence-corrected chi connectivity index (χ4v) is 3.05. The van der Waals surface area contributed by atoms with Crippen LogP contribution >= 0.6 is 50.7 Å². The fourth-order valence-electron chi connectivity index (χ4n) is 1.74. The lowest BCUT2D eigenvalue weighted by Crippen LogP contribution is -2.34. The zero-order chi connectivity index (χ0) is 15.4. The van der Waals surface area contributed by atoms with E-state index in [9.17, 15) is 4.79 Å². The van der Waals surface area contributed by atoms with Gasteiger partial charge in [-0.25, -0.2) is 0 Å². The molecular formula is C15H12BrIN2OS. The third-order valence-corrected chi connectivity index (χ3v) is 4.42. The van der Waals surface area contributed by atoms with Gasteiger partial charge in [-0.05, 0) is 77.6 Å². The third kappa shape index (κ3) is 4.49. The first kappa shape index (κ1) is 16.4. The summed E-state index contributed by atoms with van der Waals surface area (Å²) in [7, 11) is 0. The van der Waals surface area contributed by atoms with Crippen molar-refractivity contribution in [3.05, 3.63) is 61.6 Å². The topological polar surface area (TPSA) is 41.1 Å². The van der Waals surface area contributed by atoms with Crippen molar-refractivity contribution in [3.8, 4) is 0 Å². The Morgan fingerprint density at radius 3 is 2.62 bits per heavy atom. The van der Waals surface area contributed by atoms with Gasteiger partial charge in [0.05, 0.1) is 5.56 Å². The predicted molar refractivity (Wildman–Crippen MR) is 102 cm³/mol. The monoisotopic (exact) mass is 474 g/mol. The zero-order valence-electron chi connectivity index (χ0n) is 11.1. The molecule has 0 aliphatic rings. The number of hydrogen-bond acceptors (Lipinski definition) is 2. The van der Waals surface area contributed by atoms with Crippen LogP contribution in [0.15, 0.2) is 46.9 Å². The van der Waals surface area contributed by atoms with Crippen LogP contribution in [0.4, 0.5) is 5.69 Å². The Balaban J connectivity index is 2.05. The van der Waals surface area contributed by atoms with E-state index < -0.39 is 0 Å². The van der Waals surface area contributed by atoms with Gasteiger partial charge in [0, 0.05) is 13.7 Å². The number of benzene rings is 2. The Labute approximate surface area is 150 Å². The molecule has 0 unspecified atom stereocenters. The van der Waals surface area contributed by atoms with Crippen LogP contribution in [-0.4, -0.2) is 11.0 Å². The Bertz CT molecular complexity index is 706. The lowest BCUT2D eigenvalue weighted by molar-refractivity contribution is 0.0977. The van der Waals surface area contributed by atoms with E-state index in [2.05, 4.69) is 49.2 Å². The zero-order valence-corrected chi connectivity index (χ0v) is 15.7. The first-order valence-electron chi connectivity index (χ1n) is 6.10. The van der Waals surface area contributed by atoms with E-state index in [1.54, 1.807) is 6.07 Å². The normalized spacial score (nSPS) is 10.0. The highest BCUT2D eigenvalue weighted by atomic mass is 127. The van der Waals surface area contributed by atoms with Crippen LogP contribution in [0, 0.1) is 10.5 Å². The largest absolute Gasteiger partial charge is 0.332 e. The molecule has 0 aliphatic carbocycles. The highest BCUT2D eigenvalue weighted by molar-refractivity contribution is 14.1. The van der Waals surface area contributed by atoms with Crippen LogP contribution in [0.5, 0.6) is 0 Å². The average molecular weight is 475 g/mol. The van der Waals surface area contributed by atoms with Crippen molar-refractivity contribution in [1.82, 2.24) is 5.32 Å². The van der Waals surface area contributed by atoms with Gasteiger partial charge in [-0.2, -0.15) is 0 Å². The lowest BCUT2D eigenvalue weighted by Gasteiger charge is -2.12. The number of rotatable bonds is 2. The number of aryl methyl sites for hydroxylation is 1. The Hall–Kier alpha value is -0.990. The molecular weight excluding hydrogens is 463 g/mol. The van der Waals surface area contributed by atoms with Gasteiger partial charge >= 0.3 is 0 Å². The number of carbonyl (C=O) groups excluding carboxylic acids is 1. The summed E-state index contributed by atoms with van der Waals surface area (Å²) in [5.41, 5.74) is 2.51. The van der Waals surface area contributed by atoms with Gasteiger partial charge < -0.3 is 5.32 Å². The molecule has 0 spiro atoms. The van der Waals surface area contributed by atoms with E-state index in [-0.39, 0.29) is 11.0 Å². The molecule has 0 fully saturated rings. The van der Waals surface area contributed by atoms with E-state index in [4.69, 9.17) is 12.2 Å². The number of carbonyl (C=O) groups is 1. The molecule has 0 saturated carbocycles. The second-order valence-corrected chi connectivity index (χ2v) is 6.83. The summed E-state index contributed by atoms with van der Waals surface area (Å²) in [5, 5.41) is 6.01. The quantitative estimate of drug-likeness (QED) is 0.497. The Morgan fingerprint density at radius 2 is 1.95 bits per heavy atom. The van der Waals surface area contributed by atoms with Gasteiger partial charge in [0.1, 0.15) is 0 Å². The molecule has 0 atom stereocenters. The van der Waals surface area contributed by atoms with Crippen molar-refractivity contribution in [2.45, 2.75) is 6.92 Å². The molecule has 6 heteroatoms. The lowest BCUT2D eigenvalue weighted by atomic mass is 10.2. The molecule has 0 bridgehead atoms. The first-order valence-corrected chi connectivity index (χ1v) is 8.38. The van der Waals surface area contributed by atoms with Gasteiger partial charge in [0.15, 0.2) is 5.11 Å². The molecule has 2 aromatic carbocycles. The molecule has 0 heterocycles. The van der Waals surface area contributed by atoms with Crippen LogP contribution < -0.4 is 10.6 Å². The smallest absolute Gasteiger partial charge is 0.258 e. The molecule has 1 amide bonds. The molecule has 2 N–H and O–H groups in total. The Kier molecular flexibility index (Phi) is 5.72. The highest BCUT2D eigenvalue weighted by Gasteiger charge is 2.11. The van der Waals surface area contributed by atoms with Crippen molar-refractivity contribution in [3.63, 3.8) is 0 Å². The maximum atomic E-state index is 12.2. The minimum atomic E-state index is -0.215. The average Bonchev–Trinajstić information content (AvgIpc) is 2.42. The molecule has 21 heavy (non-hydrogen) atoms. The molecule has 0 saturated heterocycles. The number of anilines is 1. The number of hydrogen-bond donors (Lipinski definition) is 2. The van der Waals surface area contributed by atoms with Crippen LogP contribution in [0.2, 0.25) is 0 Å². The summed E-state index contributed by atoms with van der Waals surface area (Å²) < 4.78 is 1.88. The third-order valence-electron chi connectivity index (χ3n) is 2.78. The minimum Gasteiger partial charge on any atom is -0.332 e. The van der Waals surface area contributed by atoms with Gasteiger partial charge in [0.25, 0.3) is 5.91 Å². The highest BCUT2D eigenvalue weighted by Crippen LogP contribution is 2.20. The van der Waals surface area contributed by atoms with Crippen molar-refractivity contribution in [1.29, 1.82) is 0 Å². The van der Waals surface area contributed by atoms with E-state index >= 15 is 0 Å². The van der Waals surface area contributed by atoms with Crippen molar-refractivity contribution >= 4 is 67.4 Å². The summed E-state index contributed by atoms with van der Waals surface area (Å²) in [5.74, 6) is -0.215. The van der Waals surface area contributed by atoms with Crippen LogP contribution in [-0.2, 0) is 0 Å². The van der Waals surface area contributed by atoms with Crippen LogP contribution in [0.3, 0.4) is 0 Å². The molecule has 0 aliphatic heterocycles. The van der Waals surface area contributed by atoms with Gasteiger partial charge in [-0.1, -0.05) is 28.1 Å². The maximum absolute atomic E-state index is 12.2. The molecule has 2 rings (SSSR count). The summed E-state index contributed by atoms with van der Waals surface area (Å²) in [6, 6.07) is 13.2. The first-order chi connectivity index (χ1) is 9.97. The number of nitrogens with one attached hydrogen (secondary N) is 2. The number of halogens is 2. The molecule has 2 aromatic rings. The molecule has 0 aromatic heterocycles. The number of amides is 1. The second-order valence-electron chi connectivity index (χ2n) is 4.35. The number of thiocarbonyl (C=S) groups is 1. The van der Waals surface area contributed by atoms with Gasteiger partial charge in [-0.3, -0.25) is 10.1 Å². The van der Waals surface area contributed by atoms with E-state index in [1.165, 1.54) is 0 Å². The molecule has 0 radical (unpaired) electrons. The Morgan fingerprint density at radius 1 is 1.24 bits per heavy atom. The van der Waals surface area contributed by atoms with Crippen LogP contribution in [0.1, 0.15) is 15.9 Å². The fraction of sp³-hybridized carbons (Fsp3) is 0.0667. The van der Waals surface area contributed by atoms with Crippen molar-refractivity contribution in [2.75, 3.05) is 5.32 Å². The molecule has 3 nitrogen and oxygen atoms in total. The summed E-state index contributed by atoms with van der Waals surface area (Å²) in [6.45, 7) is 1.97. The van der Waals surface area contributed by atoms with Crippen molar-refractivity contribution < 1.29 is 4.79 Å².